The average Bonchev–Trinajstić information content (AvgIpc) is 2.52. The Morgan fingerprint density at radius 1 is 1.27 bits per heavy atom. The molecule has 1 aliphatic heterocycles. The highest BCUT2D eigenvalue weighted by molar-refractivity contribution is 5.75. The van der Waals surface area contributed by atoms with Gasteiger partial charge >= 0.3 is 5.97 Å². The van der Waals surface area contributed by atoms with Crippen molar-refractivity contribution < 1.29 is 14.6 Å². The minimum atomic E-state index is -0.831. The zero-order valence-corrected chi connectivity index (χ0v) is 13.4. The Morgan fingerprint density at radius 3 is 2.45 bits per heavy atom. The molecule has 5 nitrogen and oxygen atoms in total. The molecule has 1 saturated heterocycles. The van der Waals surface area contributed by atoms with Crippen LogP contribution in [0.3, 0.4) is 0 Å². The van der Waals surface area contributed by atoms with Crippen LogP contribution in [-0.2, 0) is 9.53 Å². The molecule has 1 atom stereocenters. The summed E-state index contributed by atoms with van der Waals surface area (Å²) in [5.41, 5.74) is 1.92. The van der Waals surface area contributed by atoms with Crippen molar-refractivity contribution in [2.24, 2.45) is 5.92 Å². The van der Waals surface area contributed by atoms with Gasteiger partial charge in [-0.05, 0) is 36.6 Å². The smallest absolute Gasteiger partial charge is 0.325 e. The predicted octanol–water partition coefficient (Wildman–Crippen LogP) is 2.28. The lowest BCUT2D eigenvalue weighted by Gasteiger charge is -2.29. The lowest BCUT2D eigenvalue weighted by molar-refractivity contribution is -0.139. The zero-order chi connectivity index (χ0) is 15.9. The number of ether oxygens (including phenoxy) is 1. The second-order valence-corrected chi connectivity index (χ2v) is 6.10. The SMILES string of the molecule is CC(C)CCNC(C(=O)O)c1ccc(N2CCOCC2)cc1. The van der Waals surface area contributed by atoms with Gasteiger partial charge in [0.2, 0.25) is 0 Å². The molecule has 0 saturated carbocycles. The molecule has 0 amide bonds. The first-order valence-corrected chi connectivity index (χ1v) is 7.97. The largest absolute Gasteiger partial charge is 0.480 e. The second kappa shape index (κ2) is 8.15. The van der Waals surface area contributed by atoms with Gasteiger partial charge in [-0.3, -0.25) is 4.79 Å². The van der Waals surface area contributed by atoms with Gasteiger partial charge in [0.1, 0.15) is 6.04 Å². The fourth-order valence-corrected chi connectivity index (χ4v) is 2.56. The van der Waals surface area contributed by atoms with Crippen LogP contribution < -0.4 is 10.2 Å². The highest BCUT2D eigenvalue weighted by Gasteiger charge is 2.19. The van der Waals surface area contributed by atoms with Crippen LogP contribution in [0.25, 0.3) is 0 Å². The third kappa shape index (κ3) is 4.71. The summed E-state index contributed by atoms with van der Waals surface area (Å²) >= 11 is 0. The molecule has 1 aromatic rings. The molecule has 5 heteroatoms. The van der Waals surface area contributed by atoms with Crippen LogP contribution in [0.15, 0.2) is 24.3 Å². The van der Waals surface area contributed by atoms with E-state index in [-0.39, 0.29) is 0 Å². The number of nitrogens with one attached hydrogen (secondary N) is 1. The Labute approximate surface area is 132 Å². The number of hydrogen-bond donors (Lipinski definition) is 2. The maximum atomic E-state index is 11.5. The Hall–Kier alpha value is -1.59. The number of benzene rings is 1. The fourth-order valence-electron chi connectivity index (χ4n) is 2.56. The molecule has 0 aromatic heterocycles. The van der Waals surface area contributed by atoms with Crippen LogP contribution in [0, 0.1) is 5.92 Å². The number of aliphatic carboxylic acids is 1. The molecule has 2 N–H and O–H groups in total. The quantitative estimate of drug-likeness (QED) is 0.809. The number of carboxylic acid groups (broad SMARTS) is 1. The van der Waals surface area contributed by atoms with Gasteiger partial charge < -0.3 is 20.1 Å². The Balaban J connectivity index is 2.00. The monoisotopic (exact) mass is 306 g/mol. The van der Waals surface area contributed by atoms with Crippen LogP contribution >= 0.6 is 0 Å². The van der Waals surface area contributed by atoms with Crippen molar-refractivity contribution in [3.63, 3.8) is 0 Å². The predicted molar refractivity (Wildman–Crippen MR) is 87.3 cm³/mol. The molecule has 22 heavy (non-hydrogen) atoms. The molecule has 2 rings (SSSR count). The van der Waals surface area contributed by atoms with Crippen molar-refractivity contribution in [2.75, 3.05) is 37.7 Å². The van der Waals surface area contributed by atoms with Gasteiger partial charge in [0.05, 0.1) is 13.2 Å². The molecule has 1 heterocycles. The summed E-state index contributed by atoms with van der Waals surface area (Å²) in [5, 5.41) is 12.6. The van der Waals surface area contributed by atoms with Crippen molar-refractivity contribution in [3.8, 4) is 0 Å². The topological polar surface area (TPSA) is 61.8 Å². The lowest BCUT2D eigenvalue weighted by atomic mass is 10.0. The van der Waals surface area contributed by atoms with Gasteiger partial charge in [-0.25, -0.2) is 0 Å². The Bertz CT molecular complexity index is 467. The van der Waals surface area contributed by atoms with Gasteiger partial charge in [-0.2, -0.15) is 0 Å². The molecule has 1 aromatic carbocycles. The maximum Gasteiger partial charge on any atom is 0.325 e. The van der Waals surface area contributed by atoms with E-state index in [0.29, 0.717) is 12.5 Å². The van der Waals surface area contributed by atoms with Crippen LogP contribution in [-0.4, -0.2) is 43.9 Å². The van der Waals surface area contributed by atoms with E-state index in [9.17, 15) is 9.90 Å². The van der Waals surface area contributed by atoms with Crippen molar-refractivity contribution in [1.82, 2.24) is 5.32 Å². The van der Waals surface area contributed by atoms with Gasteiger partial charge in [-0.15, -0.1) is 0 Å². The van der Waals surface area contributed by atoms with Crippen LogP contribution in [0.1, 0.15) is 31.9 Å². The van der Waals surface area contributed by atoms with E-state index >= 15 is 0 Å². The van der Waals surface area contributed by atoms with Gasteiger partial charge in [0, 0.05) is 18.8 Å². The molecule has 0 radical (unpaired) electrons. The van der Waals surface area contributed by atoms with Gasteiger partial charge in [0.25, 0.3) is 0 Å². The van der Waals surface area contributed by atoms with E-state index in [0.717, 1.165) is 44.0 Å². The summed E-state index contributed by atoms with van der Waals surface area (Å²) in [6.07, 6.45) is 0.968. The van der Waals surface area contributed by atoms with E-state index in [4.69, 9.17) is 4.74 Å². The third-order valence-electron chi connectivity index (χ3n) is 3.92. The van der Waals surface area contributed by atoms with Gasteiger partial charge in [-0.1, -0.05) is 26.0 Å². The molecule has 1 fully saturated rings. The van der Waals surface area contributed by atoms with Crippen molar-refractivity contribution >= 4 is 11.7 Å². The van der Waals surface area contributed by atoms with Crippen LogP contribution in [0.2, 0.25) is 0 Å². The molecular weight excluding hydrogens is 280 g/mol. The fraction of sp³-hybridized carbons (Fsp3) is 0.588. The molecule has 0 bridgehead atoms. The standard InChI is InChI=1S/C17H26N2O3/c1-13(2)7-8-18-16(17(20)21)14-3-5-15(6-4-14)19-9-11-22-12-10-19/h3-6,13,16,18H,7-12H2,1-2H3,(H,20,21). The minimum Gasteiger partial charge on any atom is -0.480 e. The number of nitrogens with zero attached hydrogens (tertiary/aromatic N) is 1. The van der Waals surface area contributed by atoms with Crippen LogP contribution in [0.4, 0.5) is 5.69 Å². The van der Waals surface area contributed by atoms with Crippen molar-refractivity contribution in [1.29, 1.82) is 0 Å². The normalized spacial score (nSPS) is 16.8. The first kappa shape index (κ1) is 16.8. The number of hydrogen-bond acceptors (Lipinski definition) is 4. The molecule has 1 aliphatic rings. The second-order valence-electron chi connectivity index (χ2n) is 6.10. The van der Waals surface area contributed by atoms with E-state index < -0.39 is 12.0 Å². The highest BCUT2D eigenvalue weighted by atomic mass is 16.5. The van der Waals surface area contributed by atoms with E-state index in [1.54, 1.807) is 0 Å². The van der Waals surface area contributed by atoms with Gasteiger partial charge in [0.15, 0.2) is 0 Å². The summed E-state index contributed by atoms with van der Waals surface area (Å²) < 4.78 is 5.35. The van der Waals surface area contributed by atoms with E-state index in [1.807, 2.05) is 24.3 Å². The molecule has 0 aliphatic carbocycles. The summed E-state index contributed by atoms with van der Waals surface area (Å²) in [4.78, 5) is 13.7. The molecule has 122 valence electrons. The van der Waals surface area contributed by atoms with Crippen molar-refractivity contribution in [3.05, 3.63) is 29.8 Å². The Morgan fingerprint density at radius 2 is 1.91 bits per heavy atom. The average molecular weight is 306 g/mol. The molecular formula is C17H26N2O3. The molecule has 1 unspecified atom stereocenters. The van der Waals surface area contributed by atoms with Crippen molar-refractivity contribution in [2.45, 2.75) is 26.3 Å². The lowest BCUT2D eigenvalue weighted by Crippen LogP contribution is -2.36. The minimum absolute atomic E-state index is 0.561. The number of rotatable bonds is 7. The number of morpholine rings is 1. The summed E-state index contributed by atoms with van der Waals surface area (Å²) in [6.45, 7) is 8.23. The first-order chi connectivity index (χ1) is 10.6. The van der Waals surface area contributed by atoms with Crippen LogP contribution in [0.5, 0.6) is 0 Å². The molecule has 0 spiro atoms. The van der Waals surface area contributed by atoms with E-state index in [1.165, 1.54) is 0 Å². The zero-order valence-electron chi connectivity index (χ0n) is 13.4. The first-order valence-electron chi connectivity index (χ1n) is 7.97. The Kier molecular flexibility index (Phi) is 6.21. The summed E-state index contributed by atoms with van der Waals surface area (Å²) in [5.74, 6) is -0.270. The number of anilines is 1. The summed E-state index contributed by atoms with van der Waals surface area (Å²) in [6, 6.07) is 7.18. The summed E-state index contributed by atoms with van der Waals surface area (Å²) in [7, 11) is 0. The maximum absolute atomic E-state index is 11.5. The third-order valence-corrected chi connectivity index (χ3v) is 3.92. The number of carbonyl (C=O) groups is 1. The number of carboxylic acids is 1. The van der Waals surface area contributed by atoms with E-state index in [2.05, 4.69) is 24.1 Å². The highest BCUT2D eigenvalue weighted by Crippen LogP contribution is 2.20.